The molecule has 0 amide bonds. The average molecular weight is 325 g/mol. The average Bonchev–Trinajstić information content (AvgIpc) is 2.87. The van der Waals surface area contributed by atoms with Gasteiger partial charge < -0.3 is 0 Å². The highest BCUT2D eigenvalue weighted by molar-refractivity contribution is 7.90. The van der Waals surface area contributed by atoms with Gasteiger partial charge in [0.15, 0.2) is 0 Å². The third-order valence-electron chi connectivity index (χ3n) is 5.31. The van der Waals surface area contributed by atoms with E-state index in [4.69, 9.17) is 0 Å². The predicted octanol–water partition coefficient (Wildman–Crippen LogP) is 6.02. The molecular formula is C22H30P+. The monoisotopic (exact) mass is 325 g/mol. The summed E-state index contributed by atoms with van der Waals surface area (Å²) in [6, 6.07) is 18.6. The third-order valence-corrected chi connectivity index (χ3v) is 10.1. The molecule has 0 aliphatic carbocycles. The van der Waals surface area contributed by atoms with Crippen molar-refractivity contribution in [3.8, 4) is 11.1 Å². The largest absolute Gasteiger partial charge is 0.107 e. The lowest BCUT2D eigenvalue weighted by atomic mass is 10.1. The molecule has 0 atom stereocenters. The first kappa shape index (κ1) is 16.7. The molecule has 0 bridgehead atoms. The molecule has 0 fully saturated rings. The van der Waals surface area contributed by atoms with Gasteiger partial charge in [-0.15, -0.1) is 0 Å². The van der Waals surface area contributed by atoms with E-state index in [1.54, 1.807) is 10.6 Å². The van der Waals surface area contributed by atoms with Gasteiger partial charge in [0, 0.05) is 11.1 Å². The molecule has 1 heteroatoms. The summed E-state index contributed by atoms with van der Waals surface area (Å²) in [5.74, 6) is 0. The van der Waals surface area contributed by atoms with Crippen LogP contribution in [0.4, 0.5) is 0 Å². The van der Waals surface area contributed by atoms with Crippen molar-refractivity contribution in [3.63, 3.8) is 0 Å². The fourth-order valence-electron chi connectivity index (χ4n) is 4.14. The predicted molar refractivity (Wildman–Crippen MR) is 107 cm³/mol. The first-order valence-electron chi connectivity index (χ1n) is 9.40. The Labute approximate surface area is 142 Å². The Balaban J connectivity index is 2.05. The molecular weight excluding hydrogens is 295 g/mol. The quantitative estimate of drug-likeness (QED) is 0.411. The molecule has 1 aliphatic heterocycles. The summed E-state index contributed by atoms with van der Waals surface area (Å²) in [6.07, 6.45) is 11.0. The van der Waals surface area contributed by atoms with Crippen LogP contribution in [0.3, 0.4) is 0 Å². The van der Waals surface area contributed by atoms with Crippen LogP contribution in [0.2, 0.25) is 0 Å². The molecule has 122 valence electrons. The molecule has 1 heterocycles. The molecule has 0 nitrogen and oxygen atoms in total. The maximum absolute atomic E-state index is 2.45. The lowest BCUT2D eigenvalue weighted by molar-refractivity contribution is 0.761. The minimum absolute atomic E-state index is 1.19. The summed E-state index contributed by atoms with van der Waals surface area (Å²) in [5.41, 5.74) is 3.06. The van der Waals surface area contributed by atoms with Gasteiger partial charge >= 0.3 is 0 Å². The molecule has 3 rings (SSSR count). The summed E-state index contributed by atoms with van der Waals surface area (Å²) in [7, 11) is -1.19. The van der Waals surface area contributed by atoms with E-state index in [2.05, 4.69) is 62.4 Å². The van der Waals surface area contributed by atoms with Gasteiger partial charge in [-0.3, -0.25) is 0 Å². The van der Waals surface area contributed by atoms with E-state index in [0.29, 0.717) is 0 Å². The number of hydrogen-bond donors (Lipinski definition) is 0. The van der Waals surface area contributed by atoms with Crippen LogP contribution in [-0.2, 0) is 0 Å². The zero-order valence-electron chi connectivity index (χ0n) is 14.7. The van der Waals surface area contributed by atoms with Gasteiger partial charge in [0.1, 0.15) is 10.6 Å². The van der Waals surface area contributed by atoms with E-state index in [0.717, 1.165) is 0 Å². The number of fused-ring (bicyclic) bond motifs is 3. The highest BCUT2D eigenvalue weighted by Crippen LogP contribution is 2.64. The number of rotatable bonds is 8. The maximum atomic E-state index is 2.45. The highest BCUT2D eigenvalue weighted by Gasteiger charge is 2.49. The van der Waals surface area contributed by atoms with E-state index in [9.17, 15) is 0 Å². The van der Waals surface area contributed by atoms with Gasteiger partial charge in [-0.1, -0.05) is 75.9 Å². The summed E-state index contributed by atoms with van der Waals surface area (Å²) in [4.78, 5) is 0. The Kier molecular flexibility index (Phi) is 5.54. The first-order valence-corrected chi connectivity index (χ1v) is 11.6. The third kappa shape index (κ3) is 3.11. The molecule has 0 unspecified atom stereocenters. The Morgan fingerprint density at radius 3 is 1.48 bits per heavy atom. The summed E-state index contributed by atoms with van der Waals surface area (Å²) >= 11 is 0. The van der Waals surface area contributed by atoms with Crippen LogP contribution in [0.5, 0.6) is 0 Å². The molecule has 23 heavy (non-hydrogen) atoms. The van der Waals surface area contributed by atoms with Gasteiger partial charge in [-0.05, 0) is 25.0 Å². The molecule has 0 N–H and O–H groups in total. The van der Waals surface area contributed by atoms with Crippen LogP contribution in [0.1, 0.15) is 52.4 Å². The van der Waals surface area contributed by atoms with Crippen LogP contribution >= 0.6 is 7.26 Å². The zero-order valence-corrected chi connectivity index (χ0v) is 15.6. The lowest BCUT2D eigenvalue weighted by Crippen LogP contribution is -2.23. The summed E-state index contributed by atoms with van der Waals surface area (Å²) in [5, 5.41) is 3.40. The molecule has 0 spiro atoms. The number of unbranched alkanes of at least 4 members (excludes halogenated alkanes) is 4. The lowest BCUT2D eigenvalue weighted by Gasteiger charge is -2.24. The van der Waals surface area contributed by atoms with E-state index in [-0.39, 0.29) is 0 Å². The van der Waals surface area contributed by atoms with Crippen molar-refractivity contribution < 1.29 is 0 Å². The topological polar surface area (TPSA) is 0 Å². The normalized spacial score (nSPS) is 14.5. The Morgan fingerprint density at radius 2 is 1.04 bits per heavy atom. The Bertz CT molecular complexity index is 586. The van der Waals surface area contributed by atoms with Crippen molar-refractivity contribution in [2.24, 2.45) is 0 Å². The van der Waals surface area contributed by atoms with Crippen LogP contribution in [0, 0.1) is 0 Å². The van der Waals surface area contributed by atoms with Crippen molar-refractivity contribution in [2.75, 3.05) is 12.3 Å². The van der Waals surface area contributed by atoms with Crippen molar-refractivity contribution in [1.82, 2.24) is 0 Å². The van der Waals surface area contributed by atoms with Crippen LogP contribution < -0.4 is 10.6 Å². The van der Waals surface area contributed by atoms with E-state index >= 15 is 0 Å². The van der Waals surface area contributed by atoms with E-state index < -0.39 is 7.26 Å². The molecule has 2 aromatic carbocycles. The van der Waals surface area contributed by atoms with Crippen LogP contribution in [-0.4, -0.2) is 12.3 Å². The Morgan fingerprint density at radius 1 is 0.609 bits per heavy atom. The zero-order chi connectivity index (χ0) is 16.1. The van der Waals surface area contributed by atoms with E-state index in [1.807, 2.05) is 0 Å². The second kappa shape index (κ2) is 7.63. The fraction of sp³-hybridized carbons (Fsp3) is 0.455. The van der Waals surface area contributed by atoms with Crippen molar-refractivity contribution >= 4 is 17.9 Å². The second-order valence-corrected chi connectivity index (χ2v) is 10.7. The molecule has 0 saturated carbocycles. The van der Waals surface area contributed by atoms with Crippen LogP contribution in [0.15, 0.2) is 48.5 Å². The molecule has 2 aromatic rings. The fourth-order valence-corrected chi connectivity index (χ4v) is 9.16. The summed E-state index contributed by atoms with van der Waals surface area (Å²) in [6.45, 7) is 4.64. The standard InChI is InChI=1S/C22H30P/c1-3-5-11-17-23(18-12-6-4-2)21-15-9-7-13-19(21)20-14-8-10-16-22(20)23/h7-10,13-16H,3-6,11-12,17-18H2,1-2H3/q+1. The maximum Gasteiger partial charge on any atom is 0.107 e. The van der Waals surface area contributed by atoms with Crippen molar-refractivity contribution in [2.45, 2.75) is 52.4 Å². The van der Waals surface area contributed by atoms with E-state index in [1.165, 1.54) is 62.0 Å². The minimum atomic E-state index is -1.19. The summed E-state index contributed by atoms with van der Waals surface area (Å²) < 4.78 is 0. The van der Waals surface area contributed by atoms with Gasteiger partial charge in [-0.2, -0.15) is 0 Å². The SMILES string of the molecule is CCCCC[P+]1(CCCCC)c2ccccc2-c2ccccc21. The molecule has 0 radical (unpaired) electrons. The highest BCUT2D eigenvalue weighted by atomic mass is 31.2. The Hall–Kier alpha value is -1.13. The molecule has 1 aliphatic rings. The smallest absolute Gasteiger partial charge is 0.0654 e. The van der Waals surface area contributed by atoms with Crippen molar-refractivity contribution in [1.29, 1.82) is 0 Å². The number of hydrogen-bond acceptors (Lipinski definition) is 0. The van der Waals surface area contributed by atoms with Gasteiger partial charge in [0.25, 0.3) is 0 Å². The first-order chi connectivity index (χ1) is 11.3. The van der Waals surface area contributed by atoms with Gasteiger partial charge in [0.2, 0.25) is 0 Å². The van der Waals surface area contributed by atoms with Crippen molar-refractivity contribution in [3.05, 3.63) is 48.5 Å². The van der Waals surface area contributed by atoms with Crippen LogP contribution in [0.25, 0.3) is 11.1 Å². The molecule has 0 saturated heterocycles. The minimum Gasteiger partial charge on any atom is -0.0654 e. The molecule has 0 aromatic heterocycles. The number of benzene rings is 2. The second-order valence-electron chi connectivity index (χ2n) is 6.86. The van der Waals surface area contributed by atoms with Gasteiger partial charge in [-0.25, -0.2) is 0 Å². The van der Waals surface area contributed by atoms with Gasteiger partial charge in [0.05, 0.1) is 19.6 Å².